The van der Waals surface area contributed by atoms with E-state index >= 15 is 0 Å². The Morgan fingerprint density at radius 1 is 1.33 bits per heavy atom. The first kappa shape index (κ1) is 10.5. The van der Waals surface area contributed by atoms with Gasteiger partial charge in [0.1, 0.15) is 4.88 Å². The van der Waals surface area contributed by atoms with Gasteiger partial charge >= 0.3 is 0 Å². The molecule has 0 saturated heterocycles. The molecule has 2 aromatic rings. The zero-order valence-electron chi connectivity index (χ0n) is 7.48. The Balaban J connectivity index is 2.09. The minimum Gasteiger partial charge on any atom is -0.321 e. The number of hydrogen-bond donors (Lipinski definition) is 1. The fourth-order valence-electron chi connectivity index (χ4n) is 0.993. The first-order chi connectivity index (χ1) is 7.25. The van der Waals surface area contributed by atoms with Crippen LogP contribution in [0.4, 0.5) is 5.69 Å². The number of rotatable bonds is 2. The monoisotopic (exact) mass is 331 g/mol. The first-order valence-electron chi connectivity index (χ1n) is 4.10. The van der Waals surface area contributed by atoms with Crippen molar-refractivity contribution in [3.63, 3.8) is 0 Å². The number of halogens is 1. The van der Waals surface area contributed by atoms with Gasteiger partial charge in [-0.15, -0.1) is 5.10 Å². The van der Waals surface area contributed by atoms with Crippen molar-refractivity contribution in [2.24, 2.45) is 0 Å². The number of aromatic nitrogens is 2. The van der Waals surface area contributed by atoms with E-state index in [1.807, 2.05) is 24.3 Å². The number of nitrogens with zero attached hydrogens (tertiary/aromatic N) is 2. The molecule has 2 rings (SSSR count). The topological polar surface area (TPSA) is 54.9 Å². The molecule has 0 spiro atoms. The van der Waals surface area contributed by atoms with Crippen LogP contribution < -0.4 is 5.32 Å². The summed E-state index contributed by atoms with van der Waals surface area (Å²) in [5, 5.41) is 6.37. The second kappa shape index (κ2) is 4.67. The quantitative estimate of drug-likeness (QED) is 0.860. The number of benzene rings is 1. The highest BCUT2D eigenvalue weighted by Crippen LogP contribution is 2.13. The molecule has 0 aliphatic rings. The fourth-order valence-corrected chi connectivity index (χ4v) is 1.76. The van der Waals surface area contributed by atoms with Crippen LogP contribution in [-0.4, -0.2) is 15.5 Å². The Kier molecular flexibility index (Phi) is 3.27. The van der Waals surface area contributed by atoms with Gasteiger partial charge < -0.3 is 5.32 Å². The third kappa shape index (κ3) is 2.72. The Hall–Kier alpha value is -1.02. The zero-order chi connectivity index (χ0) is 10.7. The van der Waals surface area contributed by atoms with Gasteiger partial charge in [-0.25, -0.2) is 0 Å². The van der Waals surface area contributed by atoms with Crippen molar-refractivity contribution in [3.05, 3.63) is 38.9 Å². The minimum atomic E-state index is -0.175. The van der Waals surface area contributed by atoms with Crippen LogP contribution in [0.25, 0.3) is 0 Å². The van der Waals surface area contributed by atoms with Crippen LogP contribution in [0.1, 0.15) is 9.67 Å². The van der Waals surface area contributed by atoms with Crippen LogP contribution in [0.5, 0.6) is 0 Å². The molecule has 0 fully saturated rings. The number of nitrogens with one attached hydrogen (secondary N) is 1. The molecule has 15 heavy (non-hydrogen) atoms. The van der Waals surface area contributed by atoms with Crippen molar-refractivity contribution in [3.8, 4) is 0 Å². The van der Waals surface area contributed by atoms with E-state index < -0.39 is 0 Å². The lowest BCUT2D eigenvalue weighted by molar-refractivity contribution is 0.103. The maximum absolute atomic E-state index is 11.6. The van der Waals surface area contributed by atoms with Crippen molar-refractivity contribution in [1.82, 2.24) is 9.59 Å². The highest BCUT2D eigenvalue weighted by molar-refractivity contribution is 14.1. The molecule has 1 N–H and O–H groups in total. The predicted molar refractivity (Wildman–Crippen MR) is 67.0 cm³/mol. The third-order valence-electron chi connectivity index (χ3n) is 1.69. The molecule has 76 valence electrons. The molecule has 1 heterocycles. The molecule has 1 aromatic carbocycles. The molecule has 0 bridgehead atoms. The smallest absolute Gasteiger partial charge is 0.269 e. The summed E-state index contributed by atoms with van der Waals surface area (Å²) < 4.78 is 4.76. The van der Waals surface area contributed by atoms with Gasteiger partial charge in [0.05, 0.1) is 6.20 Å². The molecule has 6 heteroatoms. The van der Waals surface area contributed by atoms with E-state index in [0.29, 0.717) is 4.88 Å². The number of anilines is 1. The number of hydrogen-bond acceptors (Lipinski definition) is 4. The van der Waals surface area contributed by atoms with E-state index in [0.717, 1.165) is 20.8 Å². The summed E-state index contributed by atoms with van der Waals surface area (Å²) in [6.45, 7) is 0. The molecule has 1 amide bonds. The van der Waals surface area contributed by atoms with Crippen LogP contribution in [0.15, 0.2) is 30.5 Å². The normalized spacial score (nSPS) is 9.93. The fraction of sp³-hybridized carbons (Fsp3) is 0. The summed E-state index contributed by atoms with van der Waals surface area (Å²) in [5.41, 5.74) is 0.772. The summed E-state index contributed by atoms with van der Waals surface area (Å²) in [6.07, 6.45) is 1.45. The predicted octanol–water partition coefficient (Wildman–Crippen LogP) is 2.40. The summed E-state index contributed by atoms with van der Waals surface area (Å²) in [4.78, 5) is 12.1. The van der Waals surface area contributed by atoms with Crippen molar-refractivity contribution in [1.29, 1.82) is 0 Å². The Bertz CT molecular complexity index is 455. The molecule has 1 aromatic heterocycles. The number of carbonyl (C=O) groups is 1. The van der Waals surface area contributed by atoms with Crippen LogP contribution in [-0.2, 0) is 0 Å². The molecule has 4 nitrogen and oxygen atoms in total. The summed E-state index contributed by atoms with van der Waals surface area (Å²) in [7, 11) is 0. The van der Waals surface area contributed by atoms with Crippen molar-refractivity contribution >= 4 is 45.7 Å². The van der Waals surface area contributed by atoms with Crippen LogP contribution >= 0.6 is 34.1 Å². The maximum Gasteiger partial charge on any atom is 0.269 e. The lowest BCUT2D eigenvalue weighted by atomic mass is 10.3. The van der Waals surface area contributed by atoms with Crippen molar-refractivity contribution < 1.29 is 4.79 Å². The largest absolute Gasteiger partial charge is 0.321 e. The van der Waals surface area contributed by atoms with Gasteiger partial charge in [-0.2, -0.15) is 0 Å². The second-order valence-corrected chi connectivity index (χ2v) is 4.77. The second-order valence-electron chi connectivity index (χ2n) is 2.74. The van der Waals surface area contributed by atoms with Gasteiger partial charge in [0.25, 0.3) is 5.91 Å². The van der Waals surface area contributed by atoms with Gasteiger partial charge in [0, 0.05) is 9.26 Å². The number of carbonyl (C=O) groups excluding carboxylic acids is 1. The highest BCUT2D eigenvalue weighted by atomic mass is 127. The van der Waals surface area contributed by atoms with Gasteiger partial charge in [-0.1, -0.05) is 4.49 Å². The third-order valence-corrected chi connectivity index (χ3v) is 3.07. The molecule has 0 aliphatic heterocycles. The van der Waals surface area contributed by atoms with Gasteiger partial charge in [-0.05, 0) is 58.4 Å². The summed E-state index contributed by atoms with van der Waals surface area (Å²) in [6, 6.07) is 7.57. The average Bonchev–Trinajstić information content (AvgIpc) is 2.74. The van der Waals surface area contributed by atoms with Crippen LogP contribution in [0.2, 0.25) is 0 Å². The molecular formula is C9H6IN3OS. The first-order valence-corrected chi connectivity index (χ1v) is 5.95. The van der Waals surface area contributed by atoms with Gasteiger partial charge in [0.2, 0.25) is 0 Å². The molecule has 0 atom stereocenters. The van der Waals surface area contributed by atoms with E-state index in [1.165, 1.54) is 6.20 Å². The van der Waals surface area contributed by atoms with E-state index in [9.17, 15) is 4.79 Å². The zero-order valence-corrected chi connectivity index (χ0v) is 10.4. The van der Waals surface area contributed by atoms with Crippen LogP contribution in [0.3, 0.4) is 0 Å². The highest BCUT2D eigenvalue weighted by Gasteiger charge is 2.07. The van der Waals surface area contributed by atoms with E-state index in [2.05, 4.69) is 37.5 Å². The molecule has 0 unspecified atom stereocenters. The molecule has 0 aliphatic carbocycles. The van der Waals surface area contributed by atoms with Crippen LogP contribution in [0, 0.1) is 3.57 Å². The molecule has 0 saturated carbocycles. The standard InChI is InChI=1S/C9H6IN3OS/c10-6-1-3-7(4-2-6)12-9(14)8-5-11-13-15-8/h1-5H,(H,12,14). The van der Waals surface area contributed by atoms with E-state index in [1.54, 1.807) is 0 Å². The summed E-state index contributed by atoms with van der Waals surface area (Å²) in [5.74, 6) is -0.175. The van der Waals surface area contributed by atoms with Gasteiger partial charge in [-0.3, -0.25) is 4.79 Å². The van der Waals surface area contributed by atoms with Crippen molar-refractivity contribution in [2.75, 3.05) is 5.32 Å². The van der Waals surface area contributed by atoms with Crippen molar-refractivity contribution in [2.45, 2.75) is 0 Å². The van der Waals surface area contributed by atoms with E-state index in [4.69, 9.17) is 0 Å². The lowest BCUT2D eigenvalue weighted by Gasteiger charge is -2.02. The molecular weight excluding hydrogens is 325 g/mol. The van der Waals surface area contributed by atoms with E-state index in [-0.39, 0.29) is 5.91 Å². The minimum absolute atomic E-state index is 0.175. The lowest BCUT2D eigenvalue weighted by Crippen LogP contribution is -2.09. The Morgan fingerprint density at radius 3 is 2.67 bits per heavy atom. The Morgan fingerprint density at radius 2 is 2.07 bits per heavy atom. The average molecular weight is 331 g/mol. The maximum atomic E-state index is 11.6. The van der Waals surface area contributed by atoms with Gasteiger partial charge in [0.15, 0.2) is 0 Å². The molecule has 0 radical (unpaired) electrons. The number of amides is 1. The Labute approximate surface area is 104 Å². The SMILES string of the molecule is O=C(Nc1ccc(I)cc1)c1cnns1. The summed E-state index contributed by atoms with van der Waals surface area (Å²) >= 11 is 3.29.